The molecule has 0 radical (unpaired) electrons. The maximum absolute atomic E-state index is 13.8. The van der Waals surface area contributed by atoms with Gasteiger partial charge in [0.1, 0.15) is 29.1 Å². The summed E-state index contributed by atoms with van der Waals surface area (Å²) in [7, 11) is 3.00. The highest BCUT2D eigenvalue weighted by atomic mass is 16.7. The summed E-state index contributed by atoms with van der Waals surface area (Å²) in [5, 5.41) is 3.33. The van der Waals surface area contributed by atoms with Gasteiger partial charge in [0.15, 0.2) is 11.5 Å². The van der Waals surface area contributed by atoms with Crippen molar-refractivity contribution in [3.63, 3.8) is 0 Å². The number of hydrogen-bond acceptors (Lipinski definition) is 8. The Kier molecular flexibility index (Phi) is 5.95. The normalized spacial score (nSPS) is 12.2. The second-order valence-electron chi connectivity index (χ2n) is 8.84. The van der Waals surface area contributed by atoms with E-state index in [0.717, 1.165) is 4.57 Å². The van der Waals surface area contributed by atoms with Gasteiger partial charge >= 0.3 is 5.69 Å². The number of anilines is 1. The summed E-state index contributed by atoms with van der Waals surface area (Å²) in [5.74, 6) is 1.56. The lowest BCUT2D eigenvalue weighted by Gasteiger charge is -2.14. The highest BCUT2D eigenvalue weighted by Crippen LogP contribution is 2.33. The Labute approximate surface area is 220 Å². The predicted molar refractivity (Wildman–Crippen MR) is 142 cm³/mol. The summed E-state index contributed by atoms with van der Waals surface area (Å²) in [5.41, 5.74) is 0.443. The molecule has 0 aliphatic carbocycles. The van der Waals surface area contributed by atoms with Crippen LogP contribution in [0.3, 0.4) is 0 Å². The van der Waals surface area contributed by atoms with Gasteiger partial charge in [-0.3, -0.25) is 18.7 Å². The number of aromatic nitrogens is 2. The lowest BCUT2D eigenvalue weighted by atomic mass is 10.2. The van der Waals surface area contributed by atoms with E-state index in [4.69, 9.17) is 23.4 Å². The van der Waals surface area contributed by atoms with Crippen LogP contribution in [0.25, 0.3) is 22.1 Å². The molecule has 5 aromatic rings. The van der Waals surface area contributed by atoms with E-state index in [9.17, 15) is 14.4 Å². The van der Waals surface area contributed by atoms with E-state index in [2.05, 4.69) is 5.32 Å². The Morgan fingerprint density at radius 2 is 1.77 bits per heavy atom. The first-order valence-corrected chi connectivity index (χ1v) is 12.0. The molecule has 198 valence electrons. The number of carbonyl (C=O) groups excluding carboxylic acids is 1. The number of hydrogen-bond donors (Lipinski definition) is 1. The van der Waals surface area contributed by atoms with Crippen LogP contribution in [0.4, 0.5) is 5.69 Å². The van der Waals surface area contributed by atoms with Crippen molar-refractivity contribution in [1.29, 1.82) is 0 Å². The molecule has 0 fully saturated rings. The quantitative estimate of drug-likeness (QED) is 0.341. The lowest BCUT2D eigenvalue weighted by molar-refractivity contribution is -0.116. The third kappa shape index (κ3) is 4.23. The van der Waals surface area contributed by atoms with Crippen molar-refractivity contribution in [2.45, 2.75) is 13.1 Å². The Bertz CT molecular complexity index is 1870. The maximum Gasteiger partial charge on any atom is 0.332 e. The first-order valence-electron chi connectivity index (χ1n) is 12.0. The molecule has 39 heavy (non-hydrogen) atoms. The number of ether oxygens (including phenoxy) is 4. The van der Waals surface area contributed by atoms with Crippen molar-refractivity contribution in [3.8, 4) is 23.0 Å². The Morgan fingerprint density at radius 3 is 2.59 bits per heavy atom. The van der Waals surface area contributed by atoms with Crippen molar-refractivity contribution in [3.05, 3.63) is 87.1 Å². The van der Waals surface area contributed by atoms with E-state index in [0.29, 0.717) is 45.2 Å². The van der Waals surface area contributed by atoms with Crippen molar-refractivity contribution < 1.29 is 28.2 Å². The number of fused-ring (bicyclic) bond motifs is 4. The van der Waals surface area contributed by atoms with Gasteiger partial charge in [0.05, 0.1) is 26.5 Å². The van der Waals surface area contributed by atoms with Crippen LogP contribution in [0.5, 0.6) is 23.0 Å². The molecule has 3 heterocycles. The molecule has 2 aromatic heterocycles. The summed E-state index contributed by atoms with van der Waals surface area (Å²) in [6, 6.07) is 17.1. The predicted octanol–water partition coefficient (Wildman–Crippen LogP) is 3.34. The lowest BCUT2D eigenvalue weighted by Crippen LogP contribution is -2.41. The monoisotopic (exact) mass is 529 g/mol. The fourth-order valence-corrected chi connectivity index (χ4v) is 4.64. The second kappa shape index (κ2) is 9.60. The van der Waals surface area contributed by atoms with E-state index in [1.165, 1.54) is 18.8 Å². The third-order valence-corrected chi connectivity index (χ3v) is 6.50. The SMILES string of the molecule is COc1ccc(NC(=O)Cn2c(=O)n(Cc3ccc4c(c3)OCO4)c(=O)c3oc4ccccc4c32)c(OC)c1. The average molecular weight is 530 g/mol. The zero-order chi connectivity index (χ0) is 27.1. The smallest absolute Gasteiger partial charge is 0.332 e. The molecule has 1 amide bonds. The van der Waals surface area contributed by atoms with Crippen molar-refractivity contribution in [2.24, 2.45) is 0 Å². The molecule has 0 bridgehead atoms. The van der Waals surface area contributed by atoms with Crippen molar-refractivity contribution in [1.82, 2.24) is 9.13 Å². The van der Waals surface area contributed by atoms with Crippen LogP contribution in [-0.2, 0) is 17.9 Å². The van der Waals surface area contributed by atoms with Crippen LogP contribution in [0.2, 0.25) is 0 Å². The minimum atomic E-state index is -0.659. The molecule has 0 unspecified atom stereocenters. The largest absolute Gasteiger partial charge is 0.497 e. The molecule has 3 aromatic carbocycles. The number of nitrogens with one attached hydrogen (secondary N) is 1. The maximum atomic E-state index is 13.8. The number of benzene rings is 3. The Morgan fingerprint density at radius 1 is 0.949 bits per heavy atom. The zero-order valence-electron chi connectivity index (χ0n) is 21.1. The molecule has 11 heteroatoms. The van der Waals surface area contributed by atoms with Crippen LogP contribution in [-0.4, -0.2) is 36.1 Å². The molecule has 0 spiro atoms. The summed E-state index contributed by atoms with van der Waals surface area (Å²) < 4.78 is 29.5. The topological polar surface area (TPSA) is 123 Å². The van der Waals surface area contributed by atoms with Crippen LogP contribution in [0.1, 0.15) is 5.56 Å². The minimum absolute atomic E-state index is 0.0219. The van der Waals surface area contributed by atoms with E-state index in [1.54, 1.807) is 60.7 Å². The summed E-state index contributed by atoms with van der Waals surface area (Å²) in [6.07, 6.45) is 0. The molecular weight excluding hydrogens is 506 g/mol. The van der Waals surface area contributed by atoms with Gasteiger partial charge in [-0.2, -0.15) is 0 Å². The summed E-state index contributed by atoms with van der Waals surface area (Å²) in [4.78, 5) is 40.5. The number of amides is 1. The van der Waals surface area contributed by atoms with Crippen molar-refractivity contribution in [2.75, 3.05) is 26.3 Å². The van der Waals surface area contributed by atoms with Gasteiger partial charge in [-0.05, 0) is 42.0 Å². The van der Waals surface area contributed by atoms with Gasteiger partial charge in [0, 0.05) is 11.5 Å². The fraction of sp³-hybridized carbons (Fsp3) is 0.179. The average Bonchev–Trinajstić information content (AvgIpc) is 3.58. The molecule has 1 aliphatic rings. The number of furan rings is 1. The van der Waals surface area contributed by atoms with Gasteiger partial charge in [-0.15, -0.1) is 0 Å². The molecule has 0 atom stereocenters. The van der Waals surface area contributed by atoms with Crippen LogP contribution in [0, 0.1) is 0 Å². The Hall–Kier alpha value is -5.19. The van der Waals surface area contributed by atoms with E-state index < -0.39 is 17.2 Å². The number of nitrogens with zero attached hydrogens (tertiary/aromatic N) is 2. The molecule has 1 aliphatic heterocycles. The van der Waals surface area contributed by atoms with Gasteiger partial charge in [0.25, 0.3) is 5.56 Å². The first kappa shape index (κ1) is 24.2. The van der Waals surface area contributed by atoms with Crippen LogP contribution >= 0.6 is 0 Å². The highest BCUT2D eigenvalue weighted by molar-refractivity contribution is 6.03. The Balaban J connectivity index is 1.44. The van der Waals surface area contributed by atoms with Crippen LogP contribution < -0.4 is 35.5 Å². The van der Waals surface area contributed by atoms with Gasteiger partial charge in [-0.1, -0.05) is 18.2 Å². The van der Waals surface area contributed by atoms with Gasteiger partial charge < -0.3 is 28.7 Å². The summed E-state index contributed by atoms with van der Waals surface area (Å²) >= 11 is 0. The number of rotatable bonds is 7. The molecule has 0 saturated heterocycles. The summed E-state index contributed by atoms with van der Waals surface area (Å²) in [6.45, 7) is -0.338. The molecule has 11 nitrogen and oxygen atoms in total. The molecular formula is C28H23N3O8. The van der Waals surface area contributed by atoms with Crippen molar-refractivity contribution >= 4 is 33.7 Å². The van der Waals surface area contributed by atoms with E-state index in [-0.39, 0.29) is 31.0 Å². The number of carbonyl (C=O) groups is 1. The third-order valence-electron chi connectivity index (χ3n) is 6.50. The van der Waals surface area contributed by atoms with Gasteiger partial charge in [0.2, 0.25) is 18.3 Å². The molecule has 6 rings (SSSR count). The van der Waals surface area contributed by atoms with Crippen LogP contribution in [0.15, 0.2) is 74.7 Å². The zero-order valence-corrected chi connectivity index (χ0v) is 21.1. The minimum Gasteiger partial charge on any atom is -0.497 e. The van der Waals surface area contributed by atoms with E-state index in [1.807, 2.05) is 0 Å². The van der Waals surface area contributed by atoms with Gasteiger partial charge in [-0.25, -0.2) is 4.79 Å². The molecule has 1 N–H and O–H groups in total. The number of methoxy groups -OCH3 is 2. The highest BCUT2D eigenvalue weighted by Gasteiger charge is 2.22. The first-order chi connectivity index (χ1) is 19.0. The number of para-hydroxylation sites is 1. The second-order valence-corrected chi connectivity index (χ2v) is 8.84. The standard InChI is InChI=1S/C28H23N3O8/c1-35-17-8-9-19(22(12-17)36-2)29-24(32)14-30-25-18-5-3-4-6-20(18)39-26(25)27(33)31(28(30)34)13-16-7-10-21-23(11-16)38-15-37-21/h3-12H,13-15H2,1-2H3,(H,29,32). The molecule has 0 saturated carbocycles. The fourth-order valence-electron chi connectivity index (χ4n) is 4.64. The van der Waals surface area contributed by atoms with E-state index >= 15 is 0 Å².